The third kappa shape index (κ3) is 3.76. The third-order valence-corrected chi connectivity index (χ3v) is 5.54. The molecule has 0 spiro atoms. The second-order valence-corrected chi connectivity index (χ2v) is 8.61. The molecule has 0 amide bonds. The molecule has 30 heavy (non-hydrogen) atoms. The Bertz CT molecular complexity index is 1150. The molecule has 0 radical (unpaired) electrons. The highest BCUT2D eigenvalue weighted by Crippen LogP contribution is 2.49. The molecule has 1 aliphatic heterocycles. The summed E-state index contributed by atoms with van der Waals surface area (Å²) in [6.45, 7) is 0.603. The van der Waals surface area contributed by atoms with Gasteiger partial charge >= 0.3 is 12.1 Å². The Morgan fingerprint density at radius 2 is 1.60 bits per heavy atom. The third-order valence-electron chi connectivity index (χ3n) is 4.41. The van der Waals surface area contributed by atoms with Gasteiger partial charge in [0.05, 0.1) is 10.5 Å². The zero-order chi connectivity index (χ0) is 22.5. The van der Waals surface area contributed by atoms with Gasteiger partial charge in [-0.3, -0.25) is 0 Å². The van der Waals surface area contributed by atoms with Crippen molar-refractivity contribution in [2.75, 3.05) is 6.26 Å². The number of alkyl halides is 3. The second kappa shape index (κ2) is 7.08. The molecule has 0 saturated carbocycles. The molecular weight excluding hydrogens is 435 g/mol. The summed E-state index contributed by atoms with van der Waals surface area (Å²) in [4.78, 5) is 12.1. The van der Waals surface area contributed by atoms with Crippen LogP contribution in [0.25, 0.3) is 5.57 Å². The van der Waals surface area contributed by atoms with Gasteiger partial charge in [-0.15, -0.1) is 0 Å². The first-order chi connectivity index (χ1) is 13.7. The first kappa shape index (κ1) is 21.8. The fourth-order valence-electron chi connectivity index (χ4n) is 2.83. The fraction of sp³-hybridized carbons (Fsp3) is 0.211. The van der Waals surface area contributed by atoms with E-state index in [1.165, 1.54) is 0 Å². The molecule has 0 fully saturated rings. The molecule has 1 atom stereocenters. The van der Waals surface area contributed by atoms with Crippen molar-refractivity contribution in [3.8, 4) is 5.75 Å². The molecular formula is C19H13F5O5S. The zero-order valence-electron chi connectivity index (χ0n) is 15.4. The summed E-state index contributed by atoms with van der Waals surface area (Å²) >= 11 is 0. The minimum Gasteiger partial charge on any atom is -0.449 e. The number of rotatable bonds is 4. The molecule has 2 aromatic rings. The predicted molar refractivity (Wildman–Crippen MR) is 94.0 cm³/mol. The van der Waals surface area contributed by atoms with Crippen LogP contribution in [0, 0.1) is 11.6 Å². The number of halogens is 5. The Hall–Kier alpha value is -2.95. The number of carbonyl (C=O) groups is 1. The normalized spacial score (nSPS) is 19.8. The lowest BCUT2D eigenvalue weighted by atomic mass is 9.89. The van der Waals surface area contributed by atoms with Gasteiger partial charge in [-0.2, -0.15) is 13.2 Å². The smallest absolute Gasteiger partial charge is 0.432 e. The monoisotopic (exact) mass is 448 g/mol. The molecule has 3 rings (SSSR count). The maximum absolute atomic E-state index is 13.8. The van der Waals surface area contributed by atoms with Crippen molar-refractivity contribution in [1.82, 2.24) is 0 Å². The molecule has 160 valence electrons. The van der Waals surface area contributed by atoms with Gasteiger partial charge in [0.25, 0.3) is 0 Å². The number of hydrogen-bond donors (Lipinski definition) is 0. The summed E-state index contributed by atoms with van der Waals surface area (Å²) in [7, 11) is -3.63. The van der Waals surface area contributed by atoms with Crippen molar-refractivity contribution in [1.29, 1.82) is 0 Å². The van der Waals surface area contributed by atoms with Crippen LogP contribution in [-0.4, -0.2) is 32.4 Å². The van der Waals surface area contributed by atoms with Crippen molar-refractivity contribution in [3.63, 3.8) is 0 Å². The molecule has 5 nitrogen and oxygen atoms in total. The van der Waals surface area contributed by atoms with E-state index < -0.39 is 56.3 Å². The van der Waals surface area contributed by atoms with E-state index in [2.05, 4.69) is 4.74 Å². The molecule has 1 unspecified atom stereocenters. The number of cyclic esters (lactones) is 1. The summed E-state index contributed by atoms with van der Waals surface area (Å²) in [5.74, 6) is -5.34. The number of hydrogen-bond acceptors (Lipinski definition) is 5. The second-order valence-electron chi connectivity index (χ2n) is 6.60. The van der Waals surface area contributed by atoms with Crippen molar-refractivity contribution >= 4 is 21.4 Å². The van der Waals surface area contributed by atoms with Crippen LogP contribution in [0.15, 0.2) is 53.1 Å². The topological polar surface area (TPSA) is 69.7 Å². The quantitative estimate of drug-likeness (QED) is 0.522. The van der Waals surface area contributed by atoms with Crippen molar-refractivity contribution in [2.45, 2.75) is 23.6 Å². The summed E-state index contributed by atoms with van der Waals surface area (Å²) < 4.78 is 101. The maximum atomic E-state index is 13.8. The number of sulfone groups is 1. The van der Waals surface area contributed by atoms with Crippen LogP contribution in [0.2, 0.25) is 0 Å². The van der Waals surface area contributed by atoms with Crippen LogP contribution in [0.3, 0.4) is 0 Å². The number of carbonyl (C=O) groups excluding carboxylic acids is 1. The first-order valence-electron chi connectivity index (χ1n) is 8.22. The molecule has 0 bridgehead atoms. The lowest BCUT2D eigenvalue weighted by molar-refractivity contribution is -0.236. The van der Waals surface area contributed by atoms with E-state index in [-0.39, 0.29) is 10.5 Å². The fourth-order valence-corrected chi connectivity index (χ4v) is 3.46. The summed E-state index contributed by atoms with van der Waals surface area (Å²) in [5, 5.41) is 0. The van der Waals surface area contributed by atoms with Gasteiger partial charge in [0.15, 0.2) is 21.5 Å². The van der Waals surface area contributed by atoms with Crippen molar-refractivity contribution < 1.29 is 44.6 Å². The van der Waals surface area contributed by atoms with Gasteiger partial charge in [0, 0.05) is 12.3 Å². The van der Waals surface area contributed by atoms with Crippen LogP contribution in [0.5, 0.6) is 5.75 Å². The molecule has 0 N–H and O–H groups in total. The highest BCUT2D eigenvalue weighted by atomic mass is 32.2. The highest BCUT2D eigenvalue weighted by Gasteiger charge is 2.63. The summed E-state index contributed by atoms with van der Waals surface area (Å²) in [5.41, 5.74) is -4.06. The Labute approximate surface area is 167 Å². The lowest BCUT2D eigenvalue weighted by Gasteiger charge is -2.28. The summed E-state index contributed by atoms with van der Waals surface area (Å²) in [6.07, 6.45) is -4.15. The summed E-state index contributed by atoms with van der Waals surface area (Å²) in [6, 6.07) is 6.40. The van der Waals surface area contributed by atoms with E-state index in [1.54, 1.807) is 0 Å². The van der Waals surface area contributed by atoms with Crippen LogP contribution < -0.4 is 4.74 Å². The average Bonchev–Trinajstić information content (AvgIpc) is 2.88. The molecule has 1 heterocycles. The van der Waals surface area contributed by atoms with Crippen molar-refractivity contribution in [3.05, 3.63) is 65.4 Å². The van der Waals surface area contributed by atoms with E-state index >= 15 is 0 Å². The Balaban J connectivity index is 2.19. The van der Waals surface area contributed by atoms with E-state index in [0.717, 1.165) is 36.6 Å². The SMILES string of the molecule is CC1(C(F)(F)F)OC(=O)C(Oc2ccc(F)c(F)c2)=C1c1ccc(S(C)(=O)=O)cc1. The average molecular weight is 448 g/mol. The molecule has 11 heteroatoms. The van der Waals surface area contributed by atoms with Gasteiger partial charge in [-0.25, -0.2) is 22.0 Å². The Morgan fingerprint density at radius 3 is 2.10 bits per heavy atom. The number of ether oxygens (including phenoxy) is 2. The number of esters is 1. The molecule has 0 aromatic heterocycles. The van der Waals surface area contributed by atoms with Gasteiger partial charge < -0.3 is 9.47 Å². The van der Waals surface area contributed by atoms with Crippen LogP contribution in [0.4, 0.5) is 22.0 Å². The van der Waals surface area contributed by atoms with E-state index in [0.29, 0.717) is 19.1 Å². The van der Waals surface area contributed by atoms with Gasteiger partial charge in [-0.05, 0) is 36.8 Å². The zero-order valence-corrected chi connectivity index (χ0v) is 16.2. The minimum absolute atomic E-state index is 0.158. The van der Waals surface area contributed by atoms with E-state index in [1.807, 2.05) is 0 Å². The van der Waals surface area contributed by atoms with Gasteiger partial charge in [0.1, 0.15) is 5.75 Å². The van der Waals surface area contributed by atoms with Gasteiger partial charge in [0.2, 0.25) is 11.4 Å². The predicted octanol–water partition coefficient (Wildman–Crippen LogP) is 4.04. The van der Waals surface area contributed by atoms with Crippen LogP contribution in [0.1, 0.15) is 12.5 Å². The maximum Gasteiger partial charge on any atom is 0.432 e. The Kier molecular flexibility index (Phi) is 5.13. The number of benzene rings is 2. The standard InChI is InChI=1S/C19H13F5O5S/c1-18(19(22,23)24)15(10-3-6-12(7-4-10)30(2,26)27)16(17(25)29-18)28-11-5-8-13(20)14(21)9-11/h3-9H,1-2H3. The molecule has 0 saturated heterocycles. The van der Waals surface area contributed by atoms with Crippen molar-refractivity contribution in [2.24, 2.45) is 0 Å². The van der Waals surface area contributed by atoms with Crippen LogP contribution in [-0.2, 0) is 19.4 Å². The van der Waals surface area contributed by atoms with E-state index in [4.69, 9.17) is 4.74 Å². The van der Waals surface area contributed by atoms with Gasteiger partial charge in [-0.1, -0.05) is 12.1 Å². The molecule has 1 aliphatic rings. The van der Waals surface area contributed by atoms with Crippen LogP contribution >= 0.6 is 0 Å². The first-order valence-corrected chi connectivity index (χ1v) is 10.1. The molecule has 2 aromatic carbocycles. The minimum atomic E-state index is -5.06. The van der Waals surface area contributed by atoms with E-state index in [9.17, 15) is 35.2 Å². The largest absolute Gasteiger partial charge is 0.449 e. The Morgan fingerprint density at radius 1 is 1.00 bits per heavy atom. The highest BCUT2D eigenvalue weighted by molar-refractivity contribution is 7.90. The lowest BCUT2D eigenvalue weighted by Crippen LogP contribution is -2.44. The molecule has 0 aliphatic carbocycles.